The summed E-state index contributed by atoms with van der Waals surface area (Å²) >= 11 is 0. The third kappa shape index (κ3) is 8.39. The Morgan fingerprint density at radius 3 is 2.23 bits per heavy atom. The highest BCUT2D eigenvalue weighted by Crippen LogP contribution is 2.34. The van der Waals surface area contributed by atoms with Crippen LogP contribution in [-0.4, -0.2) is 36.9 Å². The Morgan fingerprint density at radius 2 is 1.54 bits per heavy atom. The monoisotopic (exact) mass is 367 g/mol. The molecule has 2 aliphatic carbocycles. The topological polar surface area (TPSA) is 58.6 Å². The number of hydrogen-bond acceptors (Lipinski definition) is 4. The molecule has 0 radical (unpaired) electrons. The Bertz CT molecular complexity index is 362. The van der Waals surface area contributed by atoms with Crippen LogP contribution in [0.25, 0.3) is 0 Å². The number of unbranched alkanes of at least 4 members (excludes halogenated alkanes) is 3. The van der Waals surface area contributed by atoms with Gasteiger partial charge in [-0.2, -0.15) is 0 Å². The third-order valence-corrected chi connectivity index (χ3v) is 6.26. The highest BCUT2D eigenvalue weighted by atomic mass is 16.5. The minimum atomic E-state index is 0.119. The van der Waals surface area contributed by atoms with Crippen molar-refractivity contribution in [3.05, 3.63) is 0 Å². The SMILES string of the molecule is O=C(OC1CCCCC1)C(CCCCCCNCCO)C1CCCCC1. The van der Waals surface area contributed by atoms with Crippen molar-refractivity contribution in [2.24, 2.45) is 11.8 Å². The van der Waals surface area contributed by atoms with Crippen LogP contribution in [0.15, 0.2) is 0 Å². The predicted molar refractivity (Wildman–Crippen MR) is 106 cm³/mol. The Kier molecular flexibility index (Phi) is 11.3. The quantitative estimate of drug-likeness (QED) is 0.391. The number of esters is 1. The minimum Gasteiger partial charge on any atom is -0.462 e. The van der Waals surface area contributed by atoms with Gasteiger partial charge in [0.15, 0.2) is 0 Å². The molecule has 2 fully saturated rings. The summed E-state index contributed by atoms with van der Waals surface area (Å²) in [6.45, 7) is 1.89. The largest absolute Gasteiger partial charge is 0.462 e. The van der Waals surface area contributed by atoms with E-state index in [1.165, 1.54) is 64.2 Å². The first-order chi connectivity index (χ1) is 12.8. The molecule has 26 heavy (non-hydrogen) atoms. The zero-order chi connectivity index (χ0) is 18.5. The lowest BCUT2D eigenvalue weighted by atomic mass is 9.77. The van der Waals surface area contributed by atoms with E-state index in [0.717, 1.165) is 38.6 Å². The van der Waals surface area contributed by atoms with Crippen molar-refractivity contribution in [3.8, 4) is 0 Å². The summed E-state index contributed by atoms with van der Waals surface area (Å²) in [5, 5.41) is 12.0. The van der Waals surface area contributed by atoms with Crippen molar-refractivity contribution in [2.45, 2.75) is 102 Å². The van der Waals surface area contributed by atoms with Gasteiger partial charge in [0, 0.05) is 6.54 Å². The fourth-order valence-electron chi connectivity index (χ4n) is 4.69. The second-order valence-electron chi connectivity index (χ2n) is 8.38. The van der Waals surface area contributed by atoms with Crippen molar-refractivity contribution in [1.82, 2.24) is 5.32 Å². The maximum Gasteiger partial charge on any atom is 0.309 e. The van der Waals surface area contributed by atoms with E-state index in [4.69, 9.17) is 9.84 Å². The van der Waals surface area contributed by atoms with Crippen LogP contribution in [0, 0.1) is 11.8 Å². The second kappa shape index (κ2) is 13.5. The van der Waals surface area contributed by atoms with Crippen LogP contribution in [0.3, 0.4) is 0 Å². The fourth-order valence-corrected chi connectivity index (χ4v) is 4.69. The number of hydrogen-bond donors (Lipinski definition) is 2. The average molecular weight is 368 g/mol. The molecule has 0 aromatic heterocycles. The summed E-state index contributed by atoms with van der Waals surface area (Å²) in [7, 11) is 0. The average Bonchev–Trinajstić information content (AvgIpc) is 2.68. The van der Waals surface area contributed by atoms with Gasteiger partial charge < -0.3 is 15.2 Å². The van der Waals surface area contributed by atoms with Gasteiger partial charge in [0.2, 0.25) is 0 Å². The van der Waals surface area contributed by atoms with E-state index < -0.39 is 0 Å². The lowest BCUT2D eigenvalue weighted by molar-refractivity contribution is -0.158. The van der Waals surface area contributed by atoms with Crippen LogP contribution in [0.4, 0.5) is 0 Å². The molecule has 0 aromatic carbocycles. The number of aliphatic hydroxyl groups excluding tert-OH is 1. The van der Waals surface area contributed by atoms with Crippen LogP contribution >= 0.6 is 0 Å². The van der Waals surface area contributed by atoms with E-state index >= 15 is 0 Å². The van der Waals surface area contributed by atoms with Gasteiger partial charge in [0.1, 0.15) is 6.10 Å². The summed E-state index contributed by atoms with van der Waals surface area (Å²) in [6, 6.07) is 0. The molecule has 0 bridgehead atoms. The standard InChI is InChI=1S/C22H41NO3/c24-18-17-23-16-10-2-1-9-15-21(19-11-5-3-6-12-19)22(25)26-20-13-7-4-8-14-20/h19-21,23-24H,1-18H2. The summed E-state index contributed by atoms with van der Waals surface area (Å²) < 4.78 is 5.96. The molecule has 4 heteroatoms. The predicted octanol–water partition coefficient (Wildman–Crippen LogP) is 4.59. The van der Waals surface area contributed by atoms with Gasteiger partial charge in [-0.05, 0) is 63.8 Å². The van der Waals surface area contributed by atoms with Gasteiger partial charge in [-0.1, -0.05) is 44.9 Å². The van der Waals surface area contributed by atoms with Gasteiger partial charge in [-0.15, -0.1) is 0 Å². The van der Waals surface area contributed by atoms with E-state index in [1.54, 1.807) is 0 Å². The normalized spacial score (nSPS) is 20.8. The number of ether oxygens (including phenoxy) is 1. The summed E-state index contributed by atoms with van der Waals surface area (Å²) in [5.74, 6) is 0.823. The molecule has 1 atom stereocenters. The first-order valence-corrected chi connectivity index (χ1v) is 11.3. The summed E-state index contributed by atoms with van der Waals surface area (Å²) in [5.41, 5.74) is 0. The lowest BCUT2D eigenvalue weighted by Crippen LogP contribution is -2.31. The number of carbonyl (C=O) groups excluding carboxylic acids is 1. The van der Waals surface area contributed by atoms with E-state index in [1.807, 2.05) is 0 Å². The zero-order valence-corrected chi connectivity index (χ0v) is 16.7. The Hall–Kier alpha value is -0.610. The number of carbonyl (C=O) groups is 1. The van der Waals surface area contributed by atoms with Crippen molar-refractivity contribution in [2.75, 3.05) is 19.7 Å². The van der Waals surface area contributed by atoms with Crippen LogP contribution in [0.5, 0.6) is 0 Å². The number of rotatable bonds is 12. The molecule has 0 saturated heterocycles. The lowest BCUT2D eigenvalue weighted by Gasteiger charge is -2.31. The van der Waals surface area contributed by atoms with E-state index in [0.29, 0.717) is 12.5 Å². The van der Waals surface area contributed by atoms with Crippen molar-refractivity contribution in [3.63, 3.8) is 0 Å². The van der Waals surface area contributed by atoms with Crippen LogP contribution in [-0.2, 0) is 9.53 Å². The first kappa shape index (κ1) is 21.7. The molecular weight excluding hydrogens is 326 g/mol. The molecule has 152 valence electrons. The molecule has 0 aliphatic heterocycles. The molecule has 0 heterocycles. The van der Waals surface area contributed by atoms with Gasteiger partial charge >= 0.3 is 5.97 Å². The molecule has 0 aromatic rings. The van der Waals surface area contributed by atoms with Crippen LogP contribution in [0.1, 0.15) is 96.3 Å². The Morgan fingerprint density at radius 1 is 0.885 bits per heavy atom. The molecule has 1 unspecified atom stereocenters. The molecule has 2 rings (SSSR count). The smallest absolute Gasteiger partial charge is 0.309 e. The van der Waals surface area contributed by atoms with Gasteiger partial charge in [-0.3, -0.25) is 4.79 Å². The van der Waals surface area contributed by atoms with Gasteiger partial charge in [-0.25, -0.2) is 0 Å². The van der Waals surface area contributed by atoms with E-state index in [2.05, 4.69) is 5.32 Å². The maximum absolute atomic E-state index is 12.9. The minimum absolute atomic E-state index is 0.119. The van der Waals surface area contributed by atoms with Crippen LogP contribution < -0.4 is 5.32 Å². The van der Waals surface area contributed by atoms with Crippen molar-refractivity contribution < 1.29 is 14.6 Å². The fraction of sp³-hybridized carbons (Fsp3) is 0.955. The summed E-state index contributed by atoms with van der Waals surface area (Å²) in [4.78, 5) is 12.9. The number of aliphatic hydroxyl groups is 1. The molecule has 0 spiro atoms. The number of nitrogens with one attached hydrogen (secondary N) is 1. The van der Waals surface area contributed by atoms with Gasteiger partial charge in [0.05, 0.1) is 12.5 Å². The van der Waals surface area contributed by atoms with E-state index in [-0.39, 0.29) is 24.6 Å². The maximum atomic E-state index is 12.9. The Balaban J connectivity index is 1.71. The van der Waals surface area contributed by atoms with Crippen LogP contribution in [0.2, 0.25) is 0 Å². The van der Waals surface area contributed by atoms with Crippen molar-refractivity contribution in [1.29, 1.82) is 0 Å². The molecule has 2 N–H and O–H groups in total. The molecule has 4 nitrogen and oxygen atoms in total. The first-order valence-electron chi connectivity index (χ1n) is 11.3. The highest BCUT2D eigenvalue weighted by molar-refractivity contribution is 5.73. The third-order valence-electron chi connectivity index (χ3n) is 6.26. The Labute approximate surface area is 160 Å². The molecule has 2 saturated carbocycles. The zero-order valence-electron chi connectivity index (χ0n) is 16.7. The molecule has 2 aliphatic rings. The van der Waals surface area contributed by atoms with Gasteiger partial charge in [0.25, 0.3) is 0 Å². The second-order valence-corrected chi connectivity index (χ2v) is 8.38. The van der Waals surface area contributed by atoms with Crippen molar-refractivity contribution >= 4 is 5.97 Å². The molecule has 0 amide bonds. The summed E-state index contributed by atoms with van der Waals surface area (Å²) in [6.07, 6.45) is 18.1. The van der Waals surface area contributed by atoms with E-state index in [9.17, 15) is 4.79 Å². The molecular formula is C22H41NO3. The highest BCUT2D eigenvalue weighted by Gasteiger charge is 2.32.